The van der Waals surface area contributed by atoms with Crippen LogP contribution in [0.15, 0.2) is 0 Å². The Morgan fingerprint density at radius 1 is 1.75 bits per heavy atom. The number of hydrogen-bond donors (Lipinski definition) is 1. The fourth-order valence-corrected chi connectivity index (χ4v) is 0.234. The van der Waals surface area contributed by atoms with Gasteiger partial charge in [-0.1, -0.05) is 23.2 Å². The lowest BCUT2D eigenvalue weighted by Gasteiger charge is -1.98. The molecule has 0 saturated heterocycles. The second-order valence-corrected chi connectivity index (χ2v) is 2.07. The standard InChI is InChI=1S/C3H5Cl2NO2/c1-8-6-3(7)2(4)5/h2H,1H3,(H,6,7). The van der Waals surface area contributed by atoms with Gasteiger partial charge in [0.2, 0.25) is 0 Å². The number of carbonyl (C=O) groups is 1. The van der Waals surface area contributed by atoms with Gasteiger partial charge in [-0.15, -0.1) is 0 Å². The van der Waals surface area contributed by atoms with E-state index >= 15 is 0 Å². The number of amides is 1. The van der Waals surface area contributed by atoms with Crippen LogP contribution in [0.25, 0.3) is 0 Å². The fourth-order valence-electron chi connectivity index (χ4n) is 0.145. The molecule has 48 valence electrons. The second-order valence-electron chi connectivity index (χ2n) is 0.971. The van der Waals surface area contributed by atoms with E-state index < -0.39 is 10.7 Å². The van der Waals surface area contributed by atoms with Crippen LogP contribution in [0.1, 0.15) is 0 Å². The molecule has 0 atom stereocenters. The molecule has 1 N–H and O–H groups in total. The summed E-state index contributed by atoms with van der Waals surface area (Å²) in [5, 5.41) is 0. The van der Waals surface area contributed by atoms with Crippen molar-refractivity contribution in [3.05, 3.63) is 0 Å². The molecule has 0 saturated carbocycles. The topological polar surface area (TPSA) is 38.3 Å². The minimum atomic E-state index is -1.06. The summed E-state index contributed by atoms with van der Waals surface area (Å²) < 4.78 is 0. The molecule has 0 fully saturated rings. The van der Waals surface area contributed by atoms with Crippen LogP contribution in [-0.4, -0.2) is 17.9 Å². The molecule has 0 spiro atoms. The Morgan fingerprint density at radius 2 is 2.25 bits per heavy atom. The summed E-state index contributed by atoms with van der Waals surface area (Å²) in [6.45, 7) is 0. The maximum absolute atomic E-state index is 10.2. The zero-order valence-electron chi connectivity index (χ0n) is 4.15. The molecular weight excluding hydrogens is 153 g/mol. The summed E-state index contributed by atoms with van der Waals surface area (Å²) in [5.74, 6) is -0.559. The lowest BCUT2D eigenvalue weighted by atomic mass is 10.7. The summed E-state index contributed by atoms with van der Waals surface area (Å²) in [6, 6.07) is 0. The van der Waals surface area contributed by atoms with Gasteiger partial charge in [-0.2, -0.15) is 0 Å². The van der Waals surface area contributed by atoms with Crippen LogP contribution in [0.2, 0.25) is 0 Å². The van der Waals surface area contributed by atoms with Crippen LogP contribution in [0, 0.1) is 0 Å². The van der Waals surface area contributed by atoms with Crippen molar-refractivity contribution in [2.24, 2.45) is 0 Å². The number of rotatable bonds is 2. The maximum atomic E-state index is 10.2. The third-order valence-corrected chi connectivity index (χ3v) is 0.797. The Hall–Kier alpha value is 0.01000. The van der Waals surface area contributed by atoms with Gasteiger partial charge in [0.25, 0.3) is 5.91 Å². The van der Waals surface area contributed by atoms with Gasteiger partial charge in [0.05, 0.1) is 7.11 Å². The highest BCUT2D eigenvalue weighted by Crippen LogP contribution is 1.99. The molecular formula is C3H5Cl2NO2. The molecule has 3 nitrogen and oxygen atoms in total. The van der Waals surface area contributed by atoms with Crippen molar-refractivity contribution < 1.29 is 9.63 Å². The lowest BCUT2D eigenvalue weighted by Crippen LogP contribution is -2.26. The average Bonchev–Trinajstić information content (AvgIpc) is 1.67. The van der Waals surface area contributed by atoms with Gasteiger partial charge in [0.1, 0.15) is 0 Å². The first-order chi connectivity index (χ1) is 3.68. The molecule has 5 heteroatoms. The number of halogens is 2. The predicted octanol–water partition coefficient (Wildman–Crippen LogP) is 0.468. The van der Waals surface area contributed by atoms with E-state index in [-0.39, 0.29) is 0 Å². The molecule has 0 rings (SSSR count). The first-order valence-electron chi connectivity index (χ1n) is 1.79. The van der Waals surface area contributed by atoms with E-state index in [1.54, 1.807) is 0 Å². The predicted molar refractivity (Wildman–Crippen MR) is 30.6 cm³/mol. The number of nitrogens with one attached hydrogen (secondary N) is 1. The number of alkyl halides is 2. The van der Waals surface area contributed by atoms with E-state index in [4.69, 9.17) is 23.2 Å². The molecule has 0 unspecified atom stereocenters. The zero-order chi connectivity index (χ0) is 6.57. The Labute approximate surface area is 56.9 Å². The normalized spacial score (nSPS) is 9.50. The van der Waals surface area contributed by atoms with E-state index in [9.17, 15) is 4.79 Å². The van der Waals surface area contributed by atoms with Gasteiger partial charge in [-0.05, 0) is 0 Å². The van der Waals surface area contributed by atoms with Crippen molar-refractivity contribution >= 4 is 29.1 Å². The highest BCUT2D eigenvalue weighted by atomic mass is 35.5. The van der Waals surface area contributed by atoms with E-state index in [1.807, 2.05) is 5.48 Å². The highest BCUT2D eigenvalue weighted by molar-refractivity contribution is 6.53. The zero-order valence-corrected chi connectivity index (χ0v) is 5.66. The molecule has 0 heterocycles. The molecule has 0 aromatic heterocycles. The first kappa shape index (κ1) is 8.01. The average molecular weight is 158 g/mol. The molecule has 8 heavy (non-hydrogen) atoms. The van der Waals surface area contributed by atoms with Crippen LogP contribution in [-0.2, 0) is 9.63 Å². The SMILES string of the molecule is CONC(=O)C(Cl)Cl. The van der Waals surface area contributed by atoms with Crippen molar-refractivity contribution in [3.8, 4) is 0 Å². The van der Waals surface area contributed by atoms with E-state index in [2.05, 4.69) is 4.84 Å². The summed E-state index contributed by atoms with van der Waals surface area (Å²) in [4.78, 5) is 13.4. The minimum absolute atomic E-state index is 0.559. The number of carbonyl (C=O) groups excluding carboxylic acids is 1. The van der Waals surface area contributed by atoms with Gasteiger partial charge in [-0.3, -0.25) is 9.63 Å². The van der Waals surface area contributed by atoms with Crippen molar-refractivity contribution in [1.29, 1.82) is 0 Å². The molecule has 0 radical (unpaired) electrons. The Morgan fingerprint density at radius 3 is 2.38 bits per heavy atom. The van der Waals surface area contributed by atoms with Crippen LogP contribution in [0.3, 0.4) is 0 Å². The largest absolute Gasteiger partial charge is 0.277 e. The van der Waals surface area contributed by atoms with Crippen LogP contribution >= 0.6 is 23.2 Å². The van der Waals surface area contributed by atoms with E-state index in [0.29, 0.717) is 0 Å². The van der Waals surface area contributed by atoms with Crippen LogP contribution < -0.4 is 5.48 Å². The Balaban J connectivity index is 3.33. The van der Waals surface area contributed by atoms with Crippen LogP contribution in [0.5, 0.6) is 0 Å². The molecule has 0 aromatic rings. The third kappa shape index (κ3) is 3.07. The third-order valence-electron chi connectivity index (χ3n) is 0.401. The molecule has 0 aliphatic carbocycles. The van der Waals surface area contributed by atoms with Crippen molar-refractivity contribution in [1.82, 2.24) is 5.48 Å². The fraction of sp³-hybridized carbons (Fsp3) is 0.667. The van der Waals surface area contributed by atoms with E-state index in [0.717, 1.165) is 0 Å². The quantitative estimate of drug-likeness (QED) is 0.468. The van der Waals surface area contributed by atoms with Crippen LogP contribution in [0.4, 0.5) is 0 Å². The lowest BCUT2D eigenvalue weighted by molar-refractivity contribution is -0.129. The minimum Gasteiger partial charge on any atom is -0.277 e. The smallest absolute Gasteiger partial charge is 0.276 e. The molecule has 0 bridgehead atoms. The molecule has 1 amide bonds. The molecule has 0 aliphatic rings. The van der Waals surface area contributed by atoms with Gasteiger partial charge in [0.15, 0.2) is 4.84 Å². The maximum Gasteiger partial charge on any atom is 0.276 e. The summed E-state index contributed by atoms with van der Waals surface area (Å²) in [7, 11) is 1.30. The molecule has 0 aromatic carbocycles. The summed E-state index contributed by atoms with van der Waals surface area (Å²) in [6.07, 6.45) is 0. The van der Waals surface area contributed by atoms with Gasteiger partial charge in [-0.25, -0.2) is 5.48 Å². The van der Waals surface area contributed by atoms with Crippen molar-refractivity contribution in [2.45, 2.75) is 4.84 Å². The number of hydrogen-bond acceptors (Lipinski definition) is 2. The number of hydroxylamine groups is 1. The van der Waals surface area contributed by atoms with E-state index in [1.165, 1.54) is 7.11 Å². The molecule has 0 aliphatic heterocycles. The second kappa shape index (κ2) is 3.95. The van der Waals surface area contributed by atoms with Crippen molar-refractivity contribution in [3.63, 3.8) is 0 Å². The summed E-state index contributed by atoms with van der Waals surface area (Å²) in [5.41, 5.74) is 1.94. The van der Waals surface area contributed by atoms with Gasteiger partial charge < -0.3 is 0 Å². The van der Waals surface area contributed by atoms with Gasteiger partial charge in [0, 0.05) is 0 Å². The Bertz CT molecular complexity index is 85.4. The Kier molecular flexibility index (Phi) is 3.95. The monoisotopic (exact) mass is 157 g/mol. The van der Waals surface area contributed by atoms with Crippen molar-refractivity contribution in [2.75, 3.05) is 7.11 Å². The highest BCUT2D eigenvalue weighted by Gasteiger charge is 2.08. The van der Waals surface area contributed by atoms with Gasteiger partial charge >= 0.3 is 0 Å². The summed E-state index contributed by atoms with van der Waals surface area (Å²) >= 11 is 10.2. The first-order valence-corrected chi connectivity index (χ1v) is 2.66.